The molecule has 1 saturated carbocycles. The van der Waals surface area contributed by atoms with Crippen molar-refractivity contribution in [2.24, 2.45) is 5.73 Å². The second-order valence-electron chi connectivity index (χ2n) is 4.52. The predicted molar refractivity (Wildman–Crippen MR) is 67.9 cm³/mol. The molecule has 1 aliphatic carbocycles. The molecule has 15 heavy (non-hydrogen) atoms. The maximum Gasteiger partial charge on any atom is 0.0412 e. The molecule has 0 heterocycles. The Morgan fingerprint density at radius 1 is 1.33 bits per heavy atom. The Bertz CT molecular complexity index is 354. The van der Waals surface area contributed by atoms with Gasteiger partial charge in [-0.1, -0.05) is 41.8 Å². The number of nitrogens with two attached hydrogens (primary N) is 1. The minimum Gasteiger partial charge on any atom is -0.321 e. The third-order valence-corrected chi connectivity index (χ3v) is 3.98. The lowest BCUT2D eigenvalue weighted by Gasteiger charge is -2.27. The van der Waals surface area contributed by atoms with Gasteiger partial charge in [0.1, 0.15) is 0 Å². The Morgan fingerprint density at radius 3 is 2.60 bits per heavy atom. The minimum atomic E-state index is -0.0604. The van der Waals surface area contributed by atoms with Gasteiger partial charge >= 0.3 is 0 Å². The van der Waals surface area contributed by atoms with E-state index in [1.807, 2.05) is 0 Å². The van der Waals surface area contributed by atoms with E-state index in [1.54, 1.807) is 0 Å². The molecule has 0 aromatic heterocycles. The average molecular weight is 268 g/mol. The van der Waals surface area contributed by atoms with E-state index in [0.29, 0.717) is 0 Å². The summed E-state index contributed by atoms with van der Waals surface area (Å²) in [5, 5.41) is 0. The zero-order chi connectivity index (χ0) is 10.9. The maximum absolute atomic E-state index is 6.50. The van der Waals surface area contributed by atoms with E-state index in [2.05, 4.69) is 41.1 Å². The first kappa shape index (κ1) is 11.2. The standard InChI is InChI=1S/C13H18BrN/c1-2-10-5-6-11(14)9-12(10)13(15)7-3-4-8-13/h5-6,9H,2-4,7-8,15H2,1H3. The van der Waals surface area contributed by atoms with Crippen molar-refractivity contribution >= 4 is 15.9 Å². The van der Waals surface area contributed by atoms with E-state index in [9.17, 15) is 0 Å². The number of benzene rings is 1. The van der Waals surface area contributed by atoms with Gasteiger partial charge in [0.05, 0.1) is 0 Å². The Balaban J connectivity index is 2.44. The highest BCUT2D eigenvalue weighted by molar-refractivity contribution is 9.10. The second kappa shape index (κ2) is 4.26. The Labute approximate surface area is 100 Å². The van der Waals surface area contributed by atoms with Crippen molar-refractivity contribution in [1.29, 1.82) is 0 Å². The summed E-state index contributed by atoms with van der Waals surface area (Å²) in [5.74, 6) is 0. The molecular weight excluding hydrogens is 250 g/mol. The van der Waals surface area contributed by atoms with E-state index >= 15 is 0 Å². The molecule has 2 N–H and O–H groups in total. The van der Waals surface area contributed by atoms with Crippen LogP contribution in [0.1, 0.15) is 43.7 Å². The lowest BCUT2D eigenvalue weighted by molar-refractivity contribution is 0.457. The van der Waals surface area contributed by atoms with Gasteiger partial charge in [-0.15, -0.1) is 0 Å². The van der Waals surface area contributed by atoms with Crippen LogP contribution in [-0.4, -0.2) is 0 Å². The highest BCUT2D eigenvalue weighted by atomic mass is 79.9. The van der Waals surface area contributed by atoms with E-state index in [1.165, 1.54) is 24.0 Å². The van der Waals surface area contributed by atoms with Gasteiger partial charge in [-0.3, -0.25) is 0 Å². The number of rotatable bonds is 2. The molecule has 1 aliphatic rings. The number of hydrogen-bond donors (Lipinski definition) is 1. The number of aryl methyl sites for hydroxylation is 1. The van der Waals surface area contributed by atoms with Gasteiger partial charge in [-0.2, -0.15) is 0 Å². The normalized spacial score (nSPS) is 19.4. The highest BCUT2D eigenvalue weighted by Gasteiger charge is 2.32. The summed E-state index contributed by atoms with van der Waals surface area (Å²) in [7, 11) is 0. The fraction of sp³-hybridized carbons (Fsp3) is 0.538. The van der Waals surface area contributed by atoms with Crippen LogP contribution in [0.5, 0.6) is 0 Å². The van der Waals surface area contributed by atoms with Crippen LogP contribution in [0.25, 0.3) is 0 Å². The fourth-order valence-corrected chi connectivity index (χ4v) is 2.96. The molecule has 0 bridgehead atoms. The molecule has 1 nitrogen and oxygen atoms in total. The van der Waals surface area contributed by atoms with E-state index in [4.69, 9.17) is 5.73 Å². The van der Waals surface area contributed by atoms with Crippen molar-refractivity contribution in [3.8, 4) is 0 Å². The van der Waals surface area contributed by atoms with Gasteiger partial charge < -0.3 is 5.73 Å². The SMILES string of the molecule is CCc1ccc(Br)cc1C1(N)CCCC1. The van der Waals surface area contributed by atoms with Crippen LogP contribution in [0.2, 0.25) is 0 Å². The van der Waals surface area contributed by atoms with Gasteiger partial charge in [0.15, 0.2) is 0 Å². The van der Waals surface area contributed by atoms with Crippen LogP contribution in [-0.2, 0) is 12.0 Å². The van der Waals surface area contributed by atoms with E-state index in [-0.39, 0.29) is 5.54 Å². The van der Waals surface area contributed by atoms with Crippen LogP contribution in [0.3, 0.4) is 0 Å². The van der Waals surface area contributed by atoms with Gasteiger partial charge in [0.25, 0.3) is 0 Å². The Kier molecular flexibility index (Phi) is 3.17. The molecule has 0 aliphatic heterocycles. The first-order chi connectivity index (χ1) is 7.15. The molecule has 82 valence electrons. The Morgan fingerprint density at radius 2 is 2.00 bits per heavy atom. The molecule has 0 unspecified atom stereocenters. The van der Waals surface area contributed by atoms with Gasteiger partial charge in [-0.25, -0.2) is 0 Å². The smallest absolute Gasteiger partial charge is 0.0412 e. The average Bonchev–Trinajstić information content (AvgIpc) is 2.66. The van der Waals surface area contributed by atoms with Crippen LogP contribution < -0.4 is 5.73 Å². The molecular formula is C13H18BrN. The summed E-state index contributed by atoms with van der Waals surface area (Å²) >= 11 is 3.54. The van der Waals surface area contributed by atoms with Crippen LogP contribution >= 0.6 is 15.9 Å². The predicted octanol–water partition coefficient (Wildman–Crippen LogP) is 3.74. The molecule has 2 rings (SSSR count). The number of halogens is 1. The second-order valence-corrected chi connectivity index (χ2v) is 5.43. The summed E-state index contributed by atoms with van der Waals surface area (Å²) in [6.45, 7) is 2.20. The van der Waals surface area contributed by atoms with Crippen molar-refractivity contribution in [3.63, 3.8) is 0 Å². The highest BCUT2D eigenvalue weighted by Crippen LogP contribution is 2.38. The maximum atomic E-state index is 6.50. The molecule has 1 aromatic rings. The molecule has 0 radical (unpaired) electrons. The fourth-order valence-electron chi connectivity index (χ4n) is 2.60. The lowest BCUT2D eigenvalue weighted by atomic mass is 9.85. The van der Waals surface area contributed by atoms with Gasteiger partial charge in [0.2, 0.25) is 0 Å². The van der Waals surface area contributed by atoms with Crippen LogP contribution in [0, 0.1) is 0 Å². The lowest BCUT2D eigenvalue weighted by Crippen LogP contribution is -2.34. The summed E-state index contributed by atoms with van der Waals surface area (Å²) in [6, 6.07) is 6.52. The third-order valence-electron chi connectivity index (χ3n) is 3.49. The first-order valence-electron chi connectivity index (χ1n) is 5.73. The molecule has 0 atom stereocenters. The van der Waals surface area contributed by atoms with Gasteiger partial charge in [0, 0.05) is 10.0 Å². The Hall–Kier alpha value is -0.340. The van der Waals surface area contributed by atoms with E-state index in [0.717, 1.165) is 23.7 Å². The van der Waals surface area contributed by atoms with Gasteiger partial charge in [-0.05, 0) is 42.5 Å². The molecule has 2 heteroatoms. The number of hydrogen-bond acceptors (Lipinski definition) is 1. The van der Waals surface area contributed by atoms with E-state index < -0.39 is 0 Å². The summed E-state index contributed by atoms with van der Waals surface area (Å²) < 4.78 is 1.14. The molecule has 1 fully saturated rings. The quantitative estimate of drug-likeness (QED) is 0.868. The zero-order valence-electron chi connectivity index (χ0n) is 9.22. The van der Waals surface area contributed by atoms with Crippen molar-refractivity contribution in [3.05, 3.63) is 33.8 Å². The topological polar surface area (TPSA) is 26.0 Å². The largest absolute Gasteiger partial charge is 0.321 e. The first-order valence-corrected chi connectivity index (χ1v) is 6.53. The summed E-state index contributed by atoms with van der Waals surface area (Å²) in [4.78, 5) is 0. The third kappa shape index (κ3) is 2.11. The van der Waals surface area contributed by atoms with Crippen LogP contribution in [0.15, 0.2) is 22.7 Å². The minimum absolute atomic E-state index is 0.0604. The summed E-state index contributed by atoms with van der Waals surface area (Å²) in [6.07, 6.45) is 5.88. The summed E-state index contributed by atoms with van der Waals surface area (Å²) in [5.41, 5.74) is 9.21. The van der Waals surface area contributed by atoms with Crippen LogP contribution in [0.4, 0.5) is 0 Å². The monoisotopic (exact) mass is 267 g/mol. The van der Waals surface area contributed by atoms with Crippen molar-refractivity contribution in [2.75, 3.05) is 0 Å². The van der Waals surface area contributed by atoms with Crippen molar-refractivity contribution in [2.45, 2.75) is 44.6 Å². The molecule has 0 spiro atoms. The molecule has 1 aromatic carbocycles. The molecule has 0 saturated heterocycles. The van der Waals surface area contributed by atoms with Crippen molar-refractivity contribution < 1.29 is 0 Å². The van der Waals surface area contributed by atoms with Crippen molar-refractivity contribution in [1.82, 2.24) is 0 Å². The molecule has 0 amide bonds. The zero-order valence-corrected chi connectivity index (χ0v) is 10.8.